The molecule has 0 bridgehead atoms. The van der Waals surface area contributed by atoms with Gasteiger partial charge < -0.3 is 9.47 Å². The summed E-state index contributed by atoms with van der Waals surface area (Å²) in [5.41, 5.74) is 1.12. The molecule has 30 heavy (non-hydrogen) atoms. The van der Waals surface area contributed by atoms with Crippen LogP contribution in [0.1, 0.15) is 24.0 Å². The molecule has 8 heteroatoms. The molecule has 7 nitrogen and oxygen atoms in total. The Morgan fingerprint density at radius 3 is 2.57 bits per heavy atom. The van der Waals surface area contributed by atoms with E-state index in [1.54, 1.807) is 12.1 Å². The quantitative estimate of drug-likeness (QED) is 0.341. The minimum atomic E-state index is -1.35. The molecule has 0 fully saturated rings. The molecule has 0 unspecified atom stereocenters. The van der Waals surface area contributed by atoms with Gasteiger partial charge in [0.25, 0.3) is 0 Å². The van der Waals surface area contributed by atoms with Crippen LogP contribution in [0.2, 0.25) is 5.02 Å². The number of hydrogen-bond acceptors (Lipinski definition) is 6. The Hall–Kier alpha value is -2.77. The number of rotatable bonds is 9. The summed E-state index contributed by atoms with van der Waals surface area (Å²) in [6.07, 6.45) is 0.828. The highest BCUT2D eigenvalue weighted by Crippen LogP contribution is 2.37. The van der Waals surface area contributed by atoms with E-state index in [1.807, 2.05) is 42.5 Å². The zero-order valence-corrected chi connectivity index (χ0v) is 17.4. The zero-order valence-electron chi connectivity index (χ0n) is 16.6. The molecule has 0 amide bonds. The molecule has 0 N–H and O–H groups in total. The van der Waals surface area contributed by atoms with Crippen molar-refractivity contribution >= 4 is 23.3 Å². The molecule has 0 saturated carbocycles. The van der Waals surface area contributed by atoms with E-state index in [0.717, 1.165) is 11.1 Å². The molecule has 1 heterocycles. The topological polar surface area (TPSA) is 91.0 Å². The molecule has 1 aliphatic rings. The van der Waals surface area contributed by atoms with Crippen LogP contribution in [0.4, 0.5) is 0 Å². The Balaban J connectivity index is 1.86. The fourth-order valence-electron chi connectivity index (χ4n) is 3.71. The van der Waals surface area contributed by atoms with Crippen LogP contribution >= 0.6 is 11.6 Å². The monoisotopic (exact) mass is 430 g/mol. The molecule has 0 radical (unpaired) electrons. The fraction of sp³-hybridized carbons (Fsp3) is 0.364. The standard InChI is InChI=1S/C22H23ClN2O5/c1-29-21(26)22(12-11-20(24-22)17-7-9-19(23)10-8-17)18(13-25(27)28)15-30-14-16-5-3-2-4-6-16/h2-10,18H,11-15H2,1H3/t18-,22-/m0/s1. The Kier molecular flexibility index (Phi) is 7.18. The van der Waals surface area contributed by atoms with Gasteiger partial charge >= 0.3 is 5.97 Å². The van der Waals surface area contributed by atoms with Crippen molar-refractivity contribution in [3.8, 4) is 0 Å². The van der Waals surface area contributed by atoms with Gasteiger partial charge in [-0.25, -0.2) is 4.79 Å². The average molecular weight is 431 g/mol. The first-order chi connectivity index (χ1) is 14.4. The maximum atomic E-state index is 12.8. The molecule has 3 rings (SSSR count). The maximum Gasteiger partial charge on any atom is 0.334 e. The van der Waals surface area contributed by atoms with Crippen LogP contribution in [0.3, 0.4) is 0 Å². The molecule has 2 aromatic carbocycles. The number of carbonyl (C=O) groups is 1. The van der Waals surface area contributed by atoms with Gasteiger partial charge in [0.1, 0.15) is 0 Å². The lowest BCUT2D eigenvalue weighted by molar-refractivity contribution is -0.490. The van der Waals surface area contributed by atoms with Gasteiger partial charge in [0.15, 0.2) is 5.54 Å². The van der Waals surface area contributed by atoms with E-state index in [-0.39, 0.29) is 6.61 Å². The highest BCUT2D eigenvalue weighted by atomic mass is 35.5. The summed E-state index contributed by atoms with van der Waals surface area (Å²) >= 11 is 5.96. The number of benzene rings is 2. The van der Waals surface area contributed by atoms with Gasteiger partial charge in [-0.3, -0.25) is 15.1 Å². The summed E-state index contributed by atoms with van der Waals surface area (Å²) in [4.78, 5) is 28.4. The minimum Gasteiger partial charge on any atom is -0.467 e. The van der Waals surface area contributed by atoms with E-state index < -0.39 is 28.9 Å². The van der Waals surface area contributed by atoms with Gasteiger partial charge in [0.2, 0.25) is 6.54 Å². The van der Waals surface area contributed by atoms with Crippen molar-refractivity contribution in [2.45, 2.75) is 25.0 Å². The number of methoxy groups -OCH3 is 1. The number of esters is 1. The van der Waals surface area contributed by atoms with Crippen LogP contribution < -0.4 is 0 Å². The van der Waals surface area contributed by atoms with Crippen molar-refractivity contribution in [2.75, 3.05) is 20.3 Å². The number of ether oxygens (including phenoxy) is 2. The second-order valence-corrected chi connectivity index (χ2v) is 7.63. The lowest BCUT2D eigenvalue weighted by Gasteiger charge is -2.29. The smallest absolute Gasteiger partial charge is 0.334 e. The summed E-state index contributed by atoms with van der Waals surface area (Å²) in [6.45, 7) is -0.135. The molecule has 1 aliphatic heterocycles. The number of halogens is 1. The number of carbonyl (C=O) groups excluding carboxylic acids is 1. The third kappa shape index (κ3) is 5.04. The Bertz CT molecular complexity index is 917. The number of aliphatic imine (C=N–C) groups is 1. The Labute approximate surface area is 179 Å². The van der Waals surface area contributed by atoms with Crippen molar-refractivity contribution in [3.05, 3.63) is 80.9 Å². The summed E-state index contributed by atoms with van der Waals surface area (Å²) < 4.78 is 10.8. The summed E-state index contributed by atoms with van der Waals surface area (Å²) in [5, 5.41) is 12.0. The summed E-state index contributed by atoms with van der Waals surface area (Å²) in [6, 6.07) is 16.6. The number of hydrogen-bond donors (Lipinski definition) is 0. The lowest BCUT2D eigenvalue weighted by atomic mass is 9.82. The SMILES string of the molecule is COC(=O)[C@@]1([C@H](COCc2ccccc2)C[N+](=O)[O-])CCC(c2ccc(Cl)cc2)=N1. The summed E-state index contributed by atoms with van der Waals surface area (Å²) in [5.74, 6) is -1.34. The first-order valence-electron chi connectivity index (χ1n) is 9.61. The average Bonchev–Trinajstić information content (AvgIpc) is 3.20. The third-order valence-corrected chi connectivity index (χ3v) is 5.52. The van der Waals surface area contributed by atoms with Crippen LogP contribution in [0.25, 0.3) is 0 Å². The van der Waals surface area contributed by atoms with Crippen molar-refractivity contribution in [3.63, 3.8) is 0 Å². The Morgan fingerprint density at radius 2 is 1.93 bits per heavy atom. The lowest BCUT2D eigenvalue weighted by Crippen LogP contribution is -2.48. The third-order valence-electron chi connectivity index (χ3n) is 5.27. The van der Waals surface area contributed by atoms with Gasteiger partial charge in [-0.15, -0.1) is 0 Å². The van der Waals surface area contributed by atoms with E-state index in [0.29, 0.717) is 30.2 Å². The van der Waals surface area contributed by atoms with Gasteiger partial charge in [0.05, 0.1) is 26.2 Å². The van der Waals surface area contributed by atoms with Crippen LogP contribution in [0.5, 0.6) is 0 Å². The second kappa shape index (κ2) is 9.82. The Morgan fingerprint density at radius 1 is 1.23 bits per heavy atom. The zero-order chi connectivity index (χ0) is 21.6. The van der Waals surface area contributed by atoms with Crippen LogP contribution in [-0.4, -0.2) is 42.4 Å². The highest BCUT2D eigenvalue weighted by molar-refractivity contribution is 6.30. The molecule has 0 saturated heterocycles. The molecule has 0 aromatic heterocycles. The first-order valence-corrected chi connectivity index (χ1v) is 9.99. The van der Waals surface area contributed by atoms with E-state index >= 15 is 0 Å². The van der Waals surface area contributed by atoms with E-state index in [4.69, 9.17) is 21.1 Å². The van der Waals surface area contributed by atoms with Gasteiger partial charge in [0, 0.05) is 15.7 Å². The van der Waals surface area contributed by atoms with Crippen LogP contribution in [-0.2, 0) is 20.9 Å². The van der Waals surface area contributed by atoms with Crippen molar-refractivity contribution in [1.29, 1.82) is 0 Å². The van der Waals surface area contributed by atoms with Crippen molar-refractivity contribution in [1.82, 2.24) is 0 Å². The first kappa shape index (κ1) is 21.9. The minimum absolute atomic E-state index is 0.0162. The van der Waals surface area contributed by atoms with E-state index in [2.05, 4.69) is 4.99 Å². The van der Waals surface area contributed by atoms with Gasteiger partial charge in [-0.1, -0.05) is 54.1 Å². The number of nitrogens with zero attached hydrogens (tertiary/aromatic N) is 2. The highest BCUT2D eigenvalue weighted by Gasteiger charge is 2.52. The van der Waals surface area contributed by atoms with Gasteiger partial charge in [-0.2, -0.15) is 0 Å². The van der Waals surface area contributed by atoms with Crippen molar-refractivity contribution in [2.24, 2.45) is 10.9 Å². The molecule has 0 aliphatic carbocycles. The molecule has 158 valence electrons. The predicted octanol–water partition coefficient (Wildman–Crippen LogP) is 3.94. The largest absolute Gasteiger partial charge is 0.467 e. The fourth-order valence-corrected chi connectivity index (χ4v) is 3.84. The van der Waals surface area contributed by atoms with E-state index in [1.165, 1.54) is 7.11 Å². The predicted molar refractivity (Wildman–Crippen MR) is 113 cm³/mol. The number of nitro groups is 1. The summed E-state index contributed by atoms with van der Waals surface area (Å²) in [7, 11) is 1.27. The van der Waals surface area contributed by atoms with Gasteiger partial charge in [-0.05, 0) is 36.1 Å². The normalized spacial score (nSPS) is 19.2. The second-order valence-electron chi connectivity index (χ2n) is 7.19. The molecule has 0 spiro atoms. The van der Waals surface area contributed by atoms with Crippen molar-refractivity contribution < 1.29 is 19.2 Å². The van der Waals surface area contributed by atoms with Crippen LogP contribution in [0, 0.1) is 16.0 Å². The van der Waals surface area contributed by atoms with Crippen LogP contribution in [0.15, 0.2) is 59.6 Å². The molecule has 2 aromatic rings. The molecular weight excluding hydrogens is 408 g/mol. The molecular formula is C22H23ClN2O5. The van der Waals surface area contributed by atoms with E-state index in [9.17, 15) is 14.9 Å². The molecule has 2 atom stereocenters. The maximum absolute atomic E-state index is 12.8.